The zero-order valence-corrected chi connectivity index (χ0v) is 16.9. The van der Waals surface area contributed by atoms with Gasteiger partial charge >= 0.3 is 0 Å². The third kappa shape index (κ3) is 5.53. The van der Waals surface area contributed by atoms with Crippen molar-refractivity contribution >= 4 is 46.3 Å². The van der Waals surface area contributed by atoms with Gasteiger partial charge in [0.25, 0.3) is 5.91 Å². The molecule has 6 nitrogen and oxygen atoms in total. The maximum absolute atomic E-state index is 12.6. The summed E-state index contributed by atoms with van der Waals surface area (Å²) in [5.41, 5.74) is 2.01. The number of rotatable bonds is 9. The number of benzene rings is 1. The molecule has 0 bridgehead atoms. The second-order valence-corrected chi connectivity index (χ2v) is 8.15. The Balaban J connectivity index is 1.56. The molecular weight excluding hydrogens is 394 g/mol. The third-order valence-corrected chi connectivity index (χ3v) is 5.65. The summed E-state index contributed by atoms with van der Waals surface area (Å²) in [4.78, 5) is 25.2. The maximum Gasteiger partial charge on any atom is 0.266 e. The van der Waals surface area contributed by atoms with Gasteiger partial charge in [0.05, 0.1) is 17.6 Å². The Morgan fingerprint density at radius 2 is 2.00 bits per heavy atom. The second kappa shape index (κ2) is 9.66. The quantitative estimate of drug-likeness (QED) is 0.356. The average molecular weight is 415 g/mol. The van der Waals surface area contributed by atoms with E-state index in [9.17, 15) is 14.7 Å². The molecule has 2 aromatic rings. The Labute approximate surface area is 173 Å². The number of amides is 1. The lowest BCUT2D eigenvalue weighted by Gasteiger charge is -2.14. The molecule has 0 aliphatic carbocycles. The lowest BCUT2D eigenvalue weighted by molar-refractivity contribution is -0.305. The molecule has 2 heterocycles. The van der Waals surface area contributed by atoms with Crippen molar-refractivity contribution in [3.8, 4) is 0 Å². The van der Waals surface area contributed by atoms with Crippen LogP contribution in [0.4, 0.5) is 0 Å². The van der Waals surface area contributed by atoms with Crippen LogP contribution in [0, 0.1) is 0 Å². The summed E-state index contributed by atoms with van der Waals surface area (Å²) in [7, 11) is 0. The number of nitrogens with zero attached hydrogens (tertiary/aromatic N) is 3. The molecule has 1 saturated heterocycles. The van der Waals surface area contributed by atoms with Crippen LogP contribution in [0.25, 0.3) is 6.08 Å². The van der Waals surface area contributed by atoms with Crippen molar-refractivity contribution in [1.82, 2.24) is 14.7 Å². The van der Waals surface area contributed by atoms with Gasteiger partial charge in [-0.25, -0.2) is 0 Å². The first-order valence-corrected chi connectivity index (χ1v) is 10.3. The number of unbranched alkanes of at least 4 members (excludes halogenated alkanes) is 2. The van der Waals surface area contributed by atoms with Gasteiger partial charge < -0.3 is 9.90 Å². The van der Waals surface area contributed by atoms with Gasteiger partial charge in [0.1, 0.15) is 4.32 Å². The minimum Gasteiger partial charge on any atom is -0.550 e. The van der Waals surface area contributed by atoms with E-state index in [-0.39, 0.29) is 12.3 Å². The van der Waals surface area contributed by atoms with Crippen molar-refractivity contribution in [3.63, 3.8) is 0 Å². The summed E-state index contributed by atoms with van der Waals surface area (Å²) in [5.74, 6) is -1.15. The molecule has 0 spiro atoms. The van der Waals surface area contributed by atoms with E-state index in [0.717, 1.165) is 17.5 Å². The van der Waals surface area contributed by atoms with Gasteiger partial charge in [0, 0.05) is 24.3 Å². The number of carbonyl (C=O) groups is 2. The number of carboxylic acids is 1. The number of aromatic nitrogens is 2. The van der Waals surface area contributed by atoms with E-state index >= 15 is 0 Å². The van der Waals surface area contributed by atoms with E-state index in [1.54, 1.807) is 11.1 Å². The summed E-state index contributed by atoms with van der Waals surface area (Å²) in [6.45, 7) is 1.17. The molecule has 1 aromatic carbocycles. The number of hydrogen-bond donors (Lipinski definition) is 0. The van der Waals surface area contributed by atoms with Crippen LogP contribution in [0.15, 0.2) is 47.6 Å². The summed E-state index contributed by atoms with van der Waals surface area (Å²) in [6.07, 6.45) is 7.47. The van der Waals surface area contributed by atoms with Crippen molar-refractivity contribution in [2.24, 2.45) is 0 Å². The fourth-order valence-corrected chi connectivity index (χ4v) is 4.18. The predicted octanol–water partition coefficient (Wildman–Crippen LogP) is 2.44. The monoisotopic (exact) mass is 414 g/mol. The van der Waals surface area contributed by atoms with Gasteiger partial charge in [0.15, 0.2) is 0 Å². The van der Waals surface area contributed by atoms with Gasteiger partial charge in [-0.05, 0) is 30.9 Å². The topological polar surface area (TPSA) is 78.3 Å². The highest BCUT2D eigenvalue weighted by Gasteiger charge is 2.31. The molecule has 0 atom stereocenters. The highest BCUT2D eigenvalue weighted by atomic mass is 32.2. The normalized spacial score (nSPS) is 15.6. The zero-order chi connectivity index (χ0) is 19.9. The van der Waals surface area contributed by atoms with E-state index in [1.165, 1.54) is 11.8 Å². The highest BCUT2D eigenvalue weighted by Crippen LogP contribution is 2.32. The van der Waals surface area contributed by atoms with E-state index in [0.29, 0.717) is 35.2 Å². The Hall–Kier alpha value is -2.45. The van der Waals surface area contributed by atoms with E-state index in [4.69, 9.17) is 12.2 Å². The predicted molar refractivity (Wildman–Crippen MR) is 111 cm³/mol. The molecule has 0 saturated carbocycles. The van der Waals surface area contributed by atoms with Crippen LogP contribution in [0.1, 0.15) is 36.8 Å². The van der Waals surface area contributed by atoms with Crippen molar-refractivity contribution < 1.29 is 14.7 Å². The lowest BCUT2D eigenvalue weighted by Crippen LogP contribution is -2.29. The van der Waals surface area contributed by atoms with Crippen molar-refractivity contribution in [2.75, 3.05) is 6.54 Å². The maximum atomic E-state index is 12.6. The number of carbonyl (C=O) groups excluding carboxylic acids is 2. The van der Waals surface area contributed by atoms with E-state index < -0.39 is 5.97 Å². The number of thiocarbonyl (C=S) groups is 1. The van der Waals surface area contributed by atoms with E-state index in [2.05, 4.69) is 5.10 Å². The molecule has 1 aliphatic heterocycles. The van der Waals surface area contributed by atoms with E-state index in [1.807, 2.05) is 47.3 Å². The molecule has 28 heavy (non-hydrogen) atoms. The molecule has 1 amide bonds. The molecule has 0 radical (unpaired) electrons. The van der Waals surface area contributed by atoms with Crippen LogP contribution in [-0.2, 0) is 16.1 Å². The Morgan fingerprint density at radius 3 is 2.75 bits per heavy atom. The second-order valence-electron chi connectivity index (χ2n) is 6.47. The van der Waals surface area contributed by atoms with Crippen LogP contribution < -0.4 is 5.11 Å². The number of aliphatic carboxylic acids is 1. The largest absolute Gasteiger partial charge is 0.550 e. The van der Waals surface area contributed by atoms with Crippen molar-refractivity contribution in [2.45, 2.75) is 32.2 Å². The average Bonchev–Trinajstić information content (AvgIpc) is 3.21. The van der Waals surface area contributed by atoms with Gasteiger partial charge in [-0.3, -0.25) is 14.4 Å². The third-order valence-electron chi connectivity index (χ3n) is 4.27. The molecule has 1 aromatic heterocycles. The van der Waals surface area contributed by atoms with Gasteiger partial charge in [0.2, 0.25) is 0 Å². The first-order chi connectivity index (χ1) is 13.5. The summed E-state index contributed by atoms with van der Waals surface area (Å²) in [5, 5.41) is 14.8. The van der Waals surface area contributed by atoms with Crippen LogP contribution in [-0.4, -0.2) is 37.4 Å². The highest BCUT2D eigenvalue weighted by molar-refractivity contribution is 8.26. The summed E-state index contributed by atoms with van der Waals surface area (Å²) < 4.78 is 2.37. The Kier molecular flexibility index (Phi) is 7.00. The van der Waals surface area contributed by atoms with Crippen LogP contribution in [0.5, 0.6) is 0 Å². The first kappa shape index (κ1) is 20.3. The van der Waals surface area contributed by atoms with Crippen LogP contribution in [0.3, 0.4) is 0 Å². The molecule has 1 aliphatic rings. The fourth-order valence-electron chi connectivity index (χ4n) is 2.87. The smallest absolute Gasteiger partial charge is 0.266 e. The fraction of sp³-hybridized carbons (Fsp3) is 0.300. The summed E-state index contributed by atoms with van der Waals surface area (Å²) >= 11 is 6.61. The number of thioether (sulfide) groups is 1. The summed E-state index contributed by atoms with van der Waals surface area (Å²) in [6, 6.07) is 10.0. The minimum absolute atomic E-state index is 0.0469. The molecule has 8 heteroatoms. The molecule has 146 valence electrons. The van der Waals surface area contributed by atoms with Crippen LogP contribution in [0.2, 0.25) is 0 Å². The standard InChI is InChI=1S/C20H21N3O3S2/c24-18(25)9-5-2-6-10-23-19(26)17(28-20(23)27)11-16-12-21-22(14-16)13-15-7-3-1-4-8-15/h1,3-4,7-8,11-12,14H,2,5-6,9-10,13H2,(H,24,25)/p-1/b17-11+. The van der Waals surface area contributed by atoms with Crippen molar-refractivity contribution in [1.29, 1.82) is 0 Å². The van der Waals surface area contributed by atoms with Gasteiger partial charge in [-0.15, -0.1) is 0 Å². The van der Waals surface area contributed by atoms with Gasteiger partial charge in [-0.1, -0.05) is 60.7 Å². The Morgan fingerprint density at radius 1 is 1.21 bits per heavy atom. The molecular formula is C20H20N3O3S2-. The first-order valence-electron chi connectivity index (χ1n) is 9.04. The number of hydrogen-bond acceptors (Lipinski definition) is 6. The van der Waals surface area contributed by atoms with Crippen LogP contribution >= 0.6 is 24.0 Å². The molecule has 0 N–H and O–H groups in total. The zero-order valence-electron chi connectivity index (χ0n) is 15.2. The van der Waals surface area contributed by atoms with Gasteiger partial charge in [-0.2, -0.15) is 5.10 Å². The van der Waals surface area contributed by atoms with Crippen molar-refractivity contribution in [3.05, 3.63) is 58.8 Å². The molecule has 3 rings (SSSR count). The Bertz CT molecular complexity index is 893. The SMILES string of the molecule is O=C([O-])CCCCCN1C(=O)/C(=C\c2cnn(Cc3ccccc3)c2)SC1=S. The molecule has 0 unspecified atom stereocenters. The minimum atomic E-state index is -1.04. The molecule has 1 fully saturated rings. The number of carboxylic acid groups (broad SMARTS) is 1. The lowest BCUT2D eigenvalue weighted by atomic mass is 10.2.